The fraction of sp³-hybridized carbons (Fsp3) is 0.0455. The van der Waals surface area contributed by atoms with E-state index in [0.29, 0.717) is 33.4 Å². The van der Waals surface area contributed by atoms with Gasteiger partial charge in [-0.25, -0.2) is 4.79 Å². The van der Waals surface area contributed by atoms with Crippen LogP contribution in [0, 0.1) is 6.92 Å². The number of aryl methyl sites for hydroxylation is 1. The quantitative estimate of drug-likeness (QED) is 0.594. The van der Waals surface area contributed by atoms with Crippen LogP contribution in [0.4, 0.5) is 0 Å². The van der Waals surface area contributed by atoms with Crippen molar-refractivity contribution < 1.29 is 19.5 Å². The Kier molecular flexibility index (Phi) is 3.55. The monoisotopic (exact) mass is 342 g/mol. The normalized spacial score (nSPS) is 12.5. The van der Waals surface area contributed by atoms with Gasteiger partial charge >= 0.3 is 5.97 Å². The van der Waals surface area contributed by atoms with E-state index in [4.69, 9.17) is 0 Å². The second-order valence-electron chi connectivity index (χ2n) is 6.32. The number of carboxylic acid groups (broad SMARTS) is 1. The van der Waals surface area contributed by atoms with Gasteiger partial charge in [0, 0.05) is 22.3 Å². The van der Waals surface area contributed by atoms with Crippen molar-refractivity contribution in [2.24, 2.45) is 0 Å². The van der Waals surface area contributed by atoms with Gasteiger partial charge in [0.15, 0.2) is 11.6 Å². The molecule has 26 heavy (non-hydrogen) atoms. The first-order valence-corrected chi connectivity index (χ1v) is 8.14. The van der Waals surface area contributed by atoms with Gasteiger partial charge in [0.2, 0.25) is 0 Å². The molecule has 0 unspecified atom stereocenters. The van der Waals surface area contributed by atoms with E-state index >= 15 is 0 Å². The lowest BCUT2D eigenvalue weighted by molar-refractivity contribution is 0.0696. The lowest BCUT2D eigenvalue weighted by Crippen LogP contribution is -2.22. The van der Waals surface area contributed by atoms with Gasteiger partial charge in [0.05, 0.1) is 5.56 Å². The fourth-order valence-corrected chi connectivity index (χ4v) is 3.37. The van der Waals surface area contributed by atoms with Crippen LogP contribution in [0.5, 0.6) is 0 Å². The number of aromatic carboxylic acids is 1. The third kappa shape index (κ3) is 2.35. The van der Waals surface area contributed by atoms with Crippen LogP contribution in [0.15, 0.2) is 60.7 Å². The highest BCUT2D eigenvalue weighted by Gasteiger charge is 2.31. The zero-order valence-electron chi connectivity index (χ0n) is 13.9. The number of carbonyl (C=O) groups is 3. The molecule has 0 bridgehead atoms. The molecule has 3 aromatic carbocycles. The Bertz CT molecular complexity index is 1110. The van der Waals surface area contributed by atoms with Gasteiger partial charge in [-0.2, -0.15) is 0 Å². The summed E-state index contributed by atoms with van der Waals surface area (Å²) in [4.78, 5) is 37.3. The van der Waals surface area contributed by atoms with Gasteiger partial charge in [-0.05, 0) is 36.2 Å². The first kappa shape index (κ1) is 16.0. The summed E-state index contributed by atoms with van der Waals surface area (Å²) in [6.45, 7) is 1.87. The van der Waals surface area contributed by atoms with Crippen molar-refractivity contribution in [1.82, 2.24) is 0 Å². The first-order valence-electron chi connectivity index (χ1n) is 8.14. The molecule has 0 saturated carbocycles. The van der Waals surface area contributed by atoms with E-state index in [0.717, 1.165) is 5.56 Å². The fourth-order valence-electron chi connectivity index (χ4n) is 3.37. The summed E-state index contributed by atoms with van der Waals surface area (Å²) in [5.41, 5.74) is 3.68. The molecular weight excluding hydrogens is 328 g/mol. The average Bonchev–Trinajstić information content (AvgIpc) is 2.65. The van der Waals surface area contributed by atoms with Crippen LogP contribution in [0.2, 0.25) is 0 Å². The summed E-state index contributed by atoms with van der Waals surface area (Å²) < 4.78 is 0. The van der Waals surface area contributed by atoms with Crippen LogP contribution in [0.25, 0.3) is 11.1 Å². The Morgan fingerprint density at radius 2 is 1.50 bits per heavy atom. The highest BCUT2D eigenvalue weighted by atomic mass is 16.4. The second kappa shape index (κ2) is 5.77. The standard InChI is InChI=1S/C22H14O4/c1-12-8-9-16-18(10-12)21(24)19-15(6-3-7-17(19)20(16)23)13-4-2-5-14(11-13)22(25)26/h2-11H,1H3,(H,25,26). The molecule has 0 spiro atoms. The topological polar surface area (TPSA) is 71.4 Å². The summed E-state index contributed by atoms with van der Waals surface area (Å²) in [5.74, 6) is -1.44. The number of rotatable bonds is 2. The van der Waals surface area contributed by atoms with E-state index in [2.05, 4.69) is 0 Å². The maximum Gasteiger partial charge on any atom is 0.335 e. The maximum absolute atomic E-state index is 13.2. The van der Waals surface area contributed by atoms with E-state index in [1.807, 2.05) is 13.0 Å². The van der Waals surface area contributed by atoms with E-state index in [1.54, 1.807) is 42.5 Å². The van der Waals surface area contributed by atoms with Crippen molar-refractivity contribution in [3.63, 3.8) is 0 Å². The molecule has 0 atom stereocenters. The number of carbonyl (C=O) groups excluding carboxylic acids is 2. The molecule has 126 valence electrons. The van der Waals surface area contributed by atoms with Crippen LogP contribution in [-0.4, -0.2) is 22.6 Å². The van der Waals surface area contributed by atoms with E-state index in [-0.39, 0.29) is 17.1 Å². The number of hydrogen-bond donors (Lipinski definition) is 1. The van der Waals surface area contributed by atoms with E-state index < -0.39 is 5.97 Å². The van der Waals surface area contributed by atoms with Gasteiger partial charge in [-0.1, -0.05) is 48.0 Å². The molecule has 0 aliphatic heterocycles. The van der Waals surface area contributed by atoms with Crippen molar-refractivity contribution in [1.29, 1.82) is 0 Å². The summed E-state index contributed by atoms with van der Waals surface area (Å²) in [5, 5.41) is 9.23. The maximum atomic E-state index is 13.2. The minimum atomic E-state index is -1.04. The zero-order valence-corrected chi connectivity index (χ0v) is 13.9. The van der Waals surface area contributed by atoms with Crippen molar-refractivity contribution in [2.45, 2.75) is 6.92 Å². The Labute approximate surface area is 149 Å². The van der Waals surface area contributed by atoms with Crippen LogP contribution < -0.4 is 0 Å². The molecule has 0 amide bonds. The molecule has 4 heteroatoms. The molecule has 0 heterocycles. The highest BCUT2D eigenvalue weighted by molar-refractivity contribution is 6.30. The van der Waals surface area contributed by atoms with Crippen molar-refractivity contribution in [3.05, 3.63) is 94.0 Å². The van der Waals surface area contributed by atoms with Gasteiger partial charge in [-0.3, -0.25) is 9.59 Å². The molecule has 0 fully saturated rings. The average molecular weight is 342 g/mol. The second-order valence-corrected chi connectivity index (χ2v) is 6.32. The number of benzene rings is 3. The van der Waals surface area contributed by atoms with Gasteiger partial charge in [-0.15, -0.1) is 0 Å². The molecule has 4 rings (SSSR count). The highest BCUT2D eigenvalue weighted by Crippen LogP contribution is 2.35. The van der Waals surface area contributed by atoms with Crippen molar-refractivity contribution >= 4 is 17.5 Å². The largest absolute Gasteiger partial charge is 0.478 e. The summed E-state index contributed by atoms with van der Waals surface area (Å²) >= 11 is 0. The number of hydrogen-bond acceptors (Lipinski definition) is 3. The van der Waals surface area contributed by atoms with Crippen molar-refractivity contribution in [3.8, 4) is 11.1 Å². The smallest absolute Gasteiger partial charge is 0.335 e. The third-order valence-corrected chi connectivity index (χ3v) is 4.62. The lowest BCUT2D eigenvalue weighted by Gasteiger charge is -2.20. The zero-order chi connectivity index (χ0) is 18.4. The molecule has 4 nitrogen and oxygen atoms in total. The molecule has 3 aromatic rings. The Balaban J connectivity index is 1.97. The van der Waals surface area contributed by atoms with Gasteiger partial charge < -0.3 is 5.11 Å². The molecular formula is C22H14O4. The Morgan fingerprint density at radius 3 is 2.27 bits per heavy atom. The van der Waals surface area contributed by atoms with Crippen LogP contribution in [-0.2, 0) is 0 Å². The molecule has 0 radical (unpaired) electrons. The number of fused-ring (bicyclic) bond motifs is 2. The third-order valence-electron chi connectivity index (χ3n) is 4.62. The van der Waals surface area contributed by atoms with Crippen molar-refractivity contribution in [2.75, 3.05) is 0 Å². The van der Waals surface area contributed by atoms with Crippen LogP contribution in [0.3, 0.4) is 0 Å². The molecule has 1 aliphatic rings. The SMILES string of the molecule is Cc1ccc2c(c1)C(=O)c1c(cccc1-c1cccc(C(=O)O)c1)C2=O. The summed E-state index contributed by atoms with van der Waals surface area (Å²) in [7, 11) is 0. The molecule has 0 saturated heterocycles. The number of ketones is 2. The summed E-state index contributed by atoms with van der Waals surface area (Å²) in [6, 6.07) is 16.7. The van der Waals surface area contributed by atoms with Gasteiger partial charge in [0.1, 0.15) is 0 Å². The van der Waals surface area contributed by atoms with Crippen LogP contribution >= 0.6 is 0 Å². The lowest BCUT2D eigenvalue weighted by atomic mass is 9.80. The van der Waals surface area contributed by atoms with E-state index in [1.165, 1.54) is 12.1 Å². The van der Waals surface area contributed by atoms with E-state index in [9.17, 15) is 19.5 Å². The first-order chi connectivity index (χ1) is 12.5. The molecule has 0 aromatic heterocycles. The number of carboxylic acids is 1. The minimum absolute atomic E-state index is 0.130. The van der Waals surface area contributed by atoms with Crippen LogP contribution in [0.1, 0.15) is 47.8 Å². The summed E-state index contributed by atoms with van der Waals surface area (Å²) in [6.07, 6.45) is 0. The molecule has 1 N–H and O–H groups in total. The van der Waals surface area contributed by atoms with Gasteiger partial charge in [0.25, 0.3) is 0 Å². The minimum Gasteiger partial charge on any atom is -0.478 e. The predicted molar refractivity (Wildman–Crippen MR) is 96.9 cm³/mol. The Hall–Kier alpha value is -3.53. The Morgan fingerprint density at radius 1 is 0.769 bits per heavy atom. The molecule has 1 aliphatic carbocycles. The predicted octanol–water partition coefficient (Wildman–Crippen LogP) is 4.14.